The van der Waals surface area contributed by atoms with E-state index in [0.29, 0.717) is 6.61 Å². The summed E-state index contributed by atoms with van der Waals surface area (Å²) in [6, 6.07) is 1.81. The highest BCUT2D eigenvalue weighted by atomic mass is 79.9. The quantitative estimate of drug-likeness (QED) is 0.871. The molecule has 0 aliphatic carbocycles. The number of methoxy groups -OCH3 is 1. The minimum Gasteiger partial charge on any atom is -0.383 e. The number of rotatable bonds is 3. The summed E-state index contributed by atoms with van der Waals surface area (Å²) < 4.78 is 6.63. The summed E-state index contributed by atoms with van der Waals surface area (Å²) in [5.41, 5.74) is 6.78. The first-order chi connectivity index (χ1) is 6.15. The summed E-state index contributed by atoms with van der Waals surface area (Å²) in [4.78, 5) is 4.12. The molecule has 0 aliphatic heterocycles. The molecular weight excluding hydrogens is 300 g/mol. The van der Waals surface area contributed by atoms with E-state index in [1.807, 2.05) is 6.07 Å². The third-order valence-electron chi connectivity index (χ3n) is 1.59. The Labute approximate surface area is 93.9 Å². The van der Waals surface area contributed by atoms with E-state index in [0.717, 1.165) is 14.6 Å². The lowest BCUT2D eigenvalue weighted by Gasteiger charge is -2.10. The van der Waals surface area contributed by atoms with Gasteiger partial charge >= 0.3 is 0 Å². The van der Waals surface area contributed by atoms with E-state index in [4.69, 9.17) is 10.5 Å². The third kappa shape index (κ3) is 3.02. The molecule has 5 heteroatoms. The van der Waals surface area contributed by atoms with Crippen LogP contribution in [0.15, 0.2) is 21.3 Å². The molecule has 1 atom stereocenters. The minimum absolute atomic E-state index is 0.123. The fourth-order valence-corrected chi connectivity index (χ4v) is 1.50. The van der Waals surface area contributed by atoms with Gasteiger partial charge in [0.1, 0.15) is 4.60 Å². The number of pyridine rings is 1. The van der Waals surface area contributed by atoms with Gasteiger partial charge in [0.2, 0.25) is 0 Å². The van der Waals surface area contributed by atoms with Gasteiger partial charge in [-0.2, -0.15) is 0 Å². The van der Waals surface area contributed by atoms with Gasteiger partial charge < -0.3 is 10.5 Å². The zero-order valence-electron chi connectivity index (χ0n) is 7.13. The Morgan fingerprint density at radius 2 is 2.31 bits per heavy atom. The average Bonchev–Trinajstić information content (AvgIpc) is 2.10. The highest BCUT2D eigenvalue weighted by Crippen LogP contribution is 2.23. The fraction of sp³-hybridized carbons (Fsp3) is 0.375. The standard InChI is InChI=1S/C8H10Br2N2O/c1-13-4-7(11)5-2-6(9)8(10)12-3-5/h2-3,7H,4,11H2,1H3. The van der Waals surface area contributed by atoms with Crippen LogP contribution >= 0.6 is 31.9 Å². The van der Waals surface area contributed by atoms with E-state index < -0.39 is 0 Å². The van der Waals surface area contributed by atoms with Crippen LogP contribution in [0.1, 0.15) is 11.6 Å². The van der Waals surface area contributed by atoms with Crippen LogP contribution in [0.25, 0.3) is 0 Å². The molecule has 1 heterocycles. The van der Waals surface area contributed by atoms with E-state index in [1.54, 1.807) is 13.3 Å². The summed E-state index contributed by atoms with van der Waals surface area (Å²) in [5.74, 6) is 0. The van der Waals surface area contributed by atoms with Crippen LogP contribution in [0, 0.1) is 0 Å². The maximum Gasteiger partial charge on any atom is 0.120 e. The van der Waals surface area contributed by atoms with Crippen molar-refractivity contribution in [1.29, 1.82) is 0 Å². The largest absolute Gasteiger partial charge is 0.383 e. The molecule has 0 aliphatic rings. The highest BCUT2D eigenvalue weighted by molar-refractivity contribution is 9.13. The van der Waals surface area contributed by atoms with Gasteiger partial charge in [0.15, 0.2) is 0 Å². The molecule has 0 saturated heterocycles. The van der Waals surface area contributed by atoms with Gasteiger partial charge in [-0.3, -0.25) is 0 Å². The second kappa shape index (κ2) is 5.05. The Hall–Kier alpha value is 0.0300. The van der Waals surface area contributed by atoms with Gasteiger partial charge in [0.05, 0.1) is 17.1 Å². The highest BCUT2D eigenvalue weighted by Gasteiger charge is 2.07. The topological polar surface area (TPSA) is 48.1 Å². The number of ether oxygens (including phenoxy) is 1. The number of hydrogen-bond donors (Lipinski definition) is 1. The Morgan fingerprint density at radius 1 is 1.62 bits per heavy atom. The molecule has 2 N–H and O–H groups in total. The number of nitrogens with zero attached hydrogens (tertiary/aromatic N) is 1. The Bertz CT molecular complexity index is 293. The van der Waals surface area contributed by atoms with Crippen molar-refractivity contribution < 1.29 is 4.74 Å². The second-order valence-electron chi connectivity index (χ2n) is 2.60. The lowest BCUT2D eigenvalue weighted by molar-refractivity contribution is 0.181. The van der Waals surface area contributed by atoms with E-state index in [2.05, 4.69) is 36.8 Å². The molecule has 0 saturated carbocycles. The van der Waals surface area contributed by atoms with E-state index in [9.17, 15) is 0 Å². The van der Waals surface area contributed by atoms with Gasteiger partial charge in [-0.25, -0.2) is 4.98 Å². The molecule has 1 rings (SSSR count). The predicted molar refractivity (Wildman–Crippen MR) is 58.4 cm³/mol. The fourth-order valence-electron chi connectivity index (χ4n) is 0.915. The first kappa shape index (κ1) is 11.1. The molecule has 0 radical (unpaired) electrons. The van der Waals surface area contributed by atoms with Crippen molar-refractivity contribution in [3.8, 4) is 0 Å². The second-order valence-corrected chi connectivity index (χ2v) is 4.21. The molecule has 3 nitrogen and oxygen atoms in total. The van der Waals surface area contributed by atoms with E-state index in [1.165, 1.54) is 0 Å². The van der Waals surface area contributed by atoms with Gasteiger partial charge in [0, 0.05) is 13.3 Å². The summed E-state index contributed by atoms with van der Waals surface area (Å²) in [6.07, 6.45) is 1.73. The average molecular weight is 310 g/mol. The van der Waals surface area contributed by atoms with Crippen LogP contribution in [0.2, 0.25) is 0 Å². The first-order valence-corrected chi connectivity index (χ1v) is 5.29. The SMILES string of the molecule is COCC(N)c1cnc(Br)c(Br)c1. The van der Waals surface area contributed by atoms with Crippen molar-refractivity contribution in [2.45, 2.75) is 6.04 Å². The predicted octanol–water partition coefficient (Wildman–Crippen LogP) is 2.25. The number of aromatic nitrogens is 1. The summed E-state index contributed by atoms with van der Waals surface area (Å²) >= 11 is 6.65. The monoisotopic (exact) mass is 308 g/mol. The van der Waals surface area contributed by atoms with Crippen molar-refractivity contribution in [2.75, 3.05) is 13.7 Å². The Morgan fingerprint density at radius 3 is 2.85 bits per heavy atom. The minimum atomic E-state index is -0.123. The molecule has 1 aromatic rings. The normalized spacial score (nSPS) is 12.9. The van der Waals surface area contributed by atoms with Crippen LogP contribution in [-0.2, 0) is 4.74 Å². The summed E-state index contributed by atoms with van der Waals surface area (Å²) in [6.45, 7) is 0.496. The molecule has 72 valence electrons. The number of nitrogens with two attached hydrogens (primary N) is 1. The first-order valence-electron chi connectivity index (χ1n) is 3.70. The summed E-state index contributed by atoms with van der Waals surface area (Å²) in [7, 11) is 1.63. The van der Waals surface area contributed by atoms with Crippen molar-refractivity contribution in [2.24, 2.45) is 5.73 Å². The van der Waals surface area contributed by atoms with Crippen LogP contribution < -0.4 is 5.73 Å². The van der Waals surface area contributed by atoms with Crippen LogP contribution in [0.3, 0.4) is 0 Å². The Kier molecular flexibility index (Phi) is 4.31. The van der Waals surface area contributed by atoms with Gasteiger partial charge in [-0.05, 0) is 43.5 Å². The van der Waals surface area contributed by atoms with Crippen molar-refractivity contribution in [3.05, 3.63) is 26.9 Å². The van der Waals surface area contributed by atoms with Crippen molar-refractivity contribution in [1.82, 2.24) is 4.98 Å². The van der Waals surface area contributed by atoms with Crippen LogP contribution in [0.4, 0.5) is 0 Å². The van der Waals surface area contributed by atoms with Crippen LogP contribution in [-0.4, -0.2) is 18.7 Å². The molecule has 0 amide bonds. The zero-order valence-corrected chi connectivity index (χ0v) is 10.3. The molecule has 1 aromatic heterocycles. The molecule has 13 heavy (non-hydrogen) atoms. The van der Waals surface area contributed by atoms with E-state index in [-0.39, 0.29) is 6.04 Å². The molecule has 0 aromatic carbocycles. The van der Waals surface area contributed by atoms with Crippen molar-refractivity contribution in [3.63, 3.8) is 0 Å². The molecule has 0 spiro atoms. The smallest absolute Gasteiger partial charge is 0.120 e. The number of halogens is 2. The number of hydrogen-bond acceptors (Lipinski definition) is 3. The molecule has 0 fully saturated rings. The maximum absolute atomic E-state index is 5.82. The lowest BCUT2D eigenvalue weighted by Crippen LogP contribution is -2.16. The third-order valence-corrected chi connectivity index (χ3v) is 3.36. The molecular formula is C8H10Br2N2O. The van der Waals surface area contributed by atoms with E-state index >= 15 is 0 Å². The molecule has 1 unspecified atom stereocenters. The van der Waals surface area contributed by atoms with Gasteiger partial charge in [-0.15, -0.1) is 0 Å². The summed E-state index contributed by atoms with van der Waals surface area (Å²) in [5, 5.41) is 0. The van der Waals surface area contributed by atoms with Crippen molar-refractivity contribution >= 4 is 31.9 Å². The Balaban J connectivity index is 2.84. The van der Waals surface area contributed by atoms with Gasteiger partial charge in [0.25, 0.3) is 0 Å². The zero-order chi connectivity index (χ0) is 9.84. The molecule has 0 bridgehead atoms. The van der Waals surface area contributed by atoms with Gasteiger partial charge in [-0.1, -0.05) is 0 Å². The van der Waals surface area contributed by atoms with Crippen LogP contribution in [0.5, 0.6) is 0 Å². The lowest BCUT2D eigenvalue weighted by atomic mass is 10.1. The maximum atomic E-state index is 5.82.